The zero-order valence-corrected chi connectivity index (χ0v) is 13.0. The summed E-state index contributed by atoms with van der Waals surface area (Å²) in [6.45, 7) is -0.489. The molecule has 0 bridgehead atoms. The van der Waals surface area contributed by atoms with Crippen LogP contribution >= 0.6 is 0 Å². The molecule has 0 spiro atoms. The number of urea groups is 1. The van der Waals surface area contributed by atoms with Crippen LogP contribution in [0.2, 0.25) is 0 Å². The highest BCUT2D eigenvalue weighted by Gasteiger charge is 2.30. The van der Waals surface area contributed by atoms with Gasteiger partial charge in [0.25, 0.3) is 0 Å². The lowest BCUT2D eigenvalue weighted by molar-refractivity contribution is -0.137. The second-order valence-electron chi connectivity index (χ2n) is 5.24. The van der Waals surface area contributed by atoms with Gasteiger partial charge in [-0.3, -0.25) is 5.32 Å². The molecule has 0 aliphatic carbocycles. The van der Waals surface area contributed by atoms with Gasteiger partial charge < -0.3 is 5.32 Å². The maximum absolute atomic E-state index is 12.5. The van der Waals surface area contributed by atoms with Crippen LogP contribution < -0.4 is 10.6 Å². The Morgan fingerprint density at radius 2 is 1.73 bits per heavy atom. The lowest BCUT2D eigenvalue weighted by Crippen LogP contribution is -2.31. The van der Waals surface area contributed by atoms with E-state index in [0.29, 0.717) is 5.56 Å². The summed E-state index contributed by atoms with van der Waals surface area (Å²) in [4.78, 5) is 11.4. The van der Waals surface area contributed by atoms with Crippen molar-refractivity contribution < 1.29 is 31.1 Å². The van der Waals surface area contributed by atoms with Gasteiger partial charge in [-0.15, -0.1) is 5.10 Å². The summed E-state index contributed by atoms with van der Waals surface area (Å²) in [6, 6.07) is 3.54. The molecule has 0 saturated carbocycles. The van der Waals surface area contributed by atoms with Crippen molar-refractivity contribution in [3.05, 3.63) is 41.6 Å². The van der Waals surface area contributed by atoms with Crippen LogP contribution in [0.5, 0.6) is 0 Å². The smallest absolute Gasteiger partial charge is 0.337 e. The fourth-order valence-electron chi connectivity index (χ4n) is 1.90. The first kappa shape index (κ1) is 19.5. The van der Waals surface area contributed by atoms with Crippen molar-refractivity contribution in [1.82, 2.24) is 20.3 Å². The van der Waals surface area contributed by atoms with Crippen LogP contribution in [-0.4, -0.2) is 33.7 Å². The first-order chi connectivity index (χ1) is 12.0. The molecule has 6 nitrogen and oxygen atoms in total. The fourth-order valence-corrected chi connectivity index (χ4v) is 1.90. The second kappa shape index (κ2) is 7.62. The van der Waals surface area contributed by atoms with Crippen LogP contribution in [0.4, 0.5) is 37.0 Å². The highest BCUT2D eigenvalue weighted by molar-refractivity contribution is 5.87. The molecule has 26 heavy (non-hydrogen) atoms. The summed E-state index contributed by atoms with van der Waals surface area (Å²) in [5.74, 6) is -0.0126. The van der Waals surface area contributed by atoms with Crippen LogP contribution in [0.25, 0.3) is 0 Å². The molecule has 0 aliphatic rings. The Bertz CT molecular complexity index is 738. The zero-order valence-electron chi connectivity index (χ0n) is 13.0. The van der Waals surface area contributed by atoms with Crippen LogP contribution in [0.1, 0.15) is 17.5 Å². The third kappa shape index (κ3) is 6.26. The van der Waals surface area contributed by atoms with Crippen LogP contribution in [-0.2, 0) is 12.7 Å². The second-order valence-corrected chi connectivity index (χ2v) is 5.24. The van der Waals surface area contributed by atoms with Gasteiger partial charge in [0.2, 0.25) is 0 Å². The van der Waals surface area contributed by atoms with E-state index < -0.39 is 36.9 Å². The predicted octanol–water partition coefficient (Wildman–Crippen LogP) is 3.42. The molecule has 1 aromatic heterocycles. The van der Waals surface area contributed by atoms with Gasteiger partial charge in [-0.25, -0.2) is 9.48 Å². The standard InChI is InChI=1S/C14H13F6N5O/c15-13(16,17)5-6-21-12(26)22-11-8-25(24-23-11)7-9-1-3-10(4-2-9)14(18,19)20/h1-4,8H,5-7H2,(H2,21,22,26). The van der Waals surface area contributed by atoms with Gasteiger partial charge in [0.15, 0.2) is 5.82 Å². The van der Waals surface area contributed by atoms with E-state index >= 15 is 0 Å². The number of hydrogen-bond acceptors (Lipinski definition) is 3. The van der Waals surface area contributed by atoms with Gasteiger partial charge in [0, 0.05) is 6.54 Å². The molecule has 1 aromatic carbocycles. The Morgan fingerprint density at radius 1 is 1.08 bits per heavy atom. The first-order valence-corrected chi connectivity index (χ1v) is 7.21. The number of aromatic nitrogens is 3. The topological polar surface area (TPSA) is 71.8 Å². The molecule has 1 heterocycles. The third-order valence-corrected chi connectivity index (χ3v) is 3.10. The van der Waals surface area contributed by atoms with E-state index in [1.54, 1.807) is 0 Å². The summed E-state index contributed by atoms with van der Waals surface area (Å²) >= 11 is 0. The predicted molar refractivity (Wildman–Crippen MR) is 78.3 cm³/mol. The molecule has 0 radical (unpaired) electrons. The number of anilines is 1. The number of carbonyl (C=O) groups excluding carboxylic acids is 1. The lowest BCUT2D eigenvalue weighted by Gasteiger charge is -2.08. The molecule has 0 saturated heterocycles. The summed E-state index contributed by atoms with van der Waals surface area (Å²) < 4.78 is 74.6. The quantitative estimate of drug-likeness (QED) is 0.780. The van der Waals surface area contributed by atoms with E-state index in [9.17, 15) is 31.1 Å². The number of alkyl halides is 6. The number of amides is 2. The van der Waals surface area contributed by atoms with E-state index in [1.807, 2.05) is 5.32 Å². The third-order valence-electron chi connectivity index (χ3n) is 3.10. The fraction of sp³-hybridized carbons (Fsp3) is 0.357. The number of carbonyl (C=O) groups is 1. The average Bonchev–Trinajstić information content (AvgIpc) is 2.92. The minimum Gasteiger partial charge on any atom is -0.337 e. The molecule has 0 atom stereocenters. The van der Waals surface area contributed by atoms with Crippen molar-refractivity contribution in [2.45, 2.75) is 25.3 Å². The number of hydrogen-bond donors (Lipinski definition) is 2. The summed E-state index contributed by atoms with van der Waals surface area (Å²) in [7, 11) is 0. The molecule has 2 N–H and O–H groups in total. The van der Waals surface area contributed by atoms with Gasteiger partial charge in [-0.05, 0) is 17.7 Å². The molecule has 0 unspecified atom stereocenters. The molecule has 2 rings (SSSR count). The SMILES string of the molecule is O=C(NCCC(F)(F)F)Nc1cn(Cc2ccc(C(F)(F)F)cc2)nn1. The summed E-state index contributed by atoms with van der Waals surface area (Å²) in [5, 5.41) is 11.5. The Labute approximate surface area is 143 Å². The van der Waals surface area contributed by atoms with Gasteiger partial charge in [-0.2, -0.15) is 26.3 Å². The minimum atomic E-state index is -4.43. The van der Waals surface area contributed by atoms with Gasteiger partial charge >= 0.3 is 18.4 Å². The monoisotopic (exact) mass is 381 g/mol. The number of benzene rings is 1. The summed E-state index contributed by atoms with van der Waals surface area (Å²) in [6.07, 6.45) is -8.68. The molecular weight excluding hydrogens is 368 g/mol. The van der Waals surface area contributed by atoms with Crippen LogP contribution in [0, 0.1) is 0 Å². The highest BCUT2D eigenvalue weighted by Crippen LogP contribution is 2.29. The maximum Gasteiger partial charge on any atom is 0.416 e. The van der Waals surface area contributed by atoms with E-state index in [0.717, 1.165) is 12.1 Å². The molecule has 2 amide bonds. The minimum absolute atomic E-state index is 0.0126. The molecule has 142 valence electrons. The van der Waals surface area contributed by atoms with Gasteiger partial charge in [-0.1, -0.05) is 17.3 Å². The molecule has 2 aromatic rings. The van der Waals surface area contributed by atoms with E-state index in [1.165, 1.54) is 23.0 Å². The number of rotatable bonds is 5. The van der Waals surface area contributed by atoms with Crippen molar-refractivity contribution >= 4 is 11.8 Å². The van der Waals surface area contributed by atoms with Crippen molar-refractivity contribution in [2.24, 2.45) is 0 Å². The van der Waals surface area contributed by atoms with E-state index in [2.05, 4.69) is 15.6 Å². The molecular formula is C14H13F6N5O. The Hall–Kier alpha value is -2.79. The largest absolute Gasteiger partial charge is 0.416 e. The first-order valence-electron chi connectivity index (χ1n) is 7.21. The van der Waals surface area contributed by atoms with Gasteiger partial charge in [0.1, 0.15) is 0 Å². The van der Waals surface area contributed by atoms with E-state index in [-0.39, 0.29) is 12.4 Å². The van der Waals surface area contributed by atoms with Gasteiger partial charge in [0.05, 0.1) is 24.7 Å². The highest BCUT2D eigenvalue weighted by atomic mass is 19.4. The Balaban J connectivity index is 1.86. The van der Waals surface area contributed by atoms with Crippen molar-refractivity contribution in [1.29, 1.82) is 0 Å². The molecule has 12 heteroatoms. The Kier molecular flexibility index (Phi) is 5.73. The number of nitrogens with one attached hydrogen (secondary N) is 2. The lowest BCUT2D eigenvalue weighted by atomic mass is 10.1. The summed E-state index contributed by atoms with van der Waals surface area (Å²) in [5.41, 5.74) is -0.262. The van der Waals surface area contributed by atoms with Crippen molar-refractivity contribution in [2.75, 3.05) is 11.9 Å². The van der Waals surface area contributed by atoms with E-state index in [4.69, 9.17) is 0 Å². The molecule has 0 aliphatic heterocycles. The van der Waals surface area contributed by atoms with Crippen molar-refractivity contribution in [3.8, 4) is 0 Å². The van der Waals surface area contributed by atoms with Crippen molar-refractivity contribution in [3.63, 3.8) is 0 Å². The normalized spacial score (nSPS) is 12.1. The zero-order chi connectivity index (χ0) is 19.4. The number of nitrogens with zero attached hydrogens (tertiary/aromatic N) is 3. The maximum atomic E-state index is 12.5. The average molecular weight is 381 g/mol. The van der Waals surface area contributed by atoms with Crippen LogP contribution in [0.3, 0.4) is 0 Å². The molecule has 0 fully saturated rings. The van der Waals surface area contributed by atoms with Crippen LogP contribution in [0.15, 0.2) is 30.5 Å². The number of halogens is 6. The Morgan fingerprint density at radius 3 is 2.31 bits per heavy atom.